The molecule has 0 spiro atoms. The molecular formula is C29H42F3NO6. The Morgan fingerprint density at radius 1 is 1.26 bits per heavy atom. The summed E-state index contributed by atoms with van der Waals surface area (Å²) in [5.74, 6) is -0.636. The molecule has 1 aliphatic heterocycles. The van der Waals surface area contributed by atoms with E-state index in [4.69, 9.17) is 9.47 Å². The molecule has 10 heteroatoms. The third kappa shape index (κ3) is 4.14. The van der Waals surface area contributed by atoms with E-state index < -0.39 is 53.3 Å². The number of nitrogens with zero attached hydrogens (tertiary/aromatic N) is 1. The highest BCUT2D eigenvalue weighted by molar-refractivity contribution is 5.90. The highest BCUT2D eigenvalue weighted by Crippen LogP contribution is 2.82. The summed E-state index contributed by atoms with van der Waals surface area (Å²) in [6.45, 7) is 7.79. The Labute approximate surface area is 228 Å². The zero-order chi connectivity index (χ0) is 28.5. The van der Waals surface area contributed by atoms with Crippen molar-refractivity contribution < 1.29 is 42.4 Å². The minimum absolute atomic E-state index is 0.000779. The number of allylic oxidation sites excluding steroid dienone is 1. The molecule has 2 N–H and O–H groups in total. The molecule has 3 unspecified atom stereocenters. The molecule has 4 fully saturated rings. The van der Waals surface area contributed by atoms with Gasteiger partial charge >= 0.3 is 12.1 Å². The SMILES string of the molecule is CC(C)C1=CC2CC3(C=O)[C@@H]4CC[C@@H](C)[C@H]4CC2(CO[C@@H]2O[C@H](C)CN(CCC(F)(F)F)C[C@@H]2O)[C@]13C(=O)O. The number of hydrogen-bond donors (Lipinski definition) is 2. The standard InChI is InChI=1S/C29H42F3NO6/c1-16(2)22-9-19-10-26(14-34)21-6-5-17(3)20(21)11-27(19,29(22,26)25(36)37)15-38-24-23(35)13-33(12-18(4)39-24)8-7-28(30,31)32/h9,14,16-21,23-24,35H,5-8,10-13,15H2,1-4H3,(H,36,37)/t17-,18-,19?,20-,21-,23+,24-,26?,27?,29+/m1/s1. The predicted octanol–water partition coefficient (Wildman–Crippen LogP) is 4.29. The van der Waals surface area contributed by atoms with Crippen molar-refractivity contribution in [2.75, 3.05) is 26.2 Å². The van der Waals surface area contributed by atoms with Crippen LogP contribution in [0, 0.1) is 45.8 Å². The number of β-amino-alcohol motifs (C(OH)–C–C–N with tert-alkyl or cyclic N) is 1. The third-order valence-electron chi connectivity index (χ3n) is 11.0. The molecule has 0 aromatic rings. The lowest BCUT2D eigenvalue weighted by molar-refractivity contribution is -0.235. The summed E-state index contributed by atoms with van der Waals surface area (Å²) in [7, 11) is 0. The summed E-state index contributed by atoms with van der Waals surface area (Å²) in [6.07, 6.45) is -2.15. The Morgan fingerprint density at radius 2 is 1.97 bits per heavy atom. The molecule has 1 heterocycles. The van der Waals surface area contributed by atoms with E-state index in [9.17, 15) is 33.0 Å². The van der Waals surface area contributed by atoms with E-state index in [0.29, 0.717) is 18.8 Å². The number of fused-ring (bicyclic) bond motifs is 2. The molecular weight excluding hydrogens is 515 g/mol. The van der Waals surface area contributed by atoms with Crippen molar-refractivity contribution in [3.8, 4) is 0 Å². The fraction of sp³-hybridized carbons (Fsp3) is 0.862. The van der Waals surface area contributed by atoms with Gasteiger partial charge in [0.05, 0.1) is 24.5 Å². The maximum absolute atomic E-state index is 13.5. The molecule has 3 saturated carbocycles. The molecule has 0 radical (unpaired) electrons. The largest absolute Gasteiger partial charge is 0.481 e. The van der Waals surface area contributed by atoms with Crippen molar-refractivity contribution in [2.24, 2.45) is 45.8 Å². The van der Waals surface area contributed by atoms with Gasteiger partial charge in [-0.1, -0.05) is 38.8 Å². The van der Waals surface area contributed by atoms with Gasteiger partial charge in [0.1, 0.15) is 17.8 Å². The van der Waals surface area contributed by atoms with Crippen molar-refractivity contribution >= 4 is 12.3 Å². The number of ether oxygens (including phenoxy) is 2. The van der Waals surface area contributed by atoms with Gasteiger partial charge in [0.15, 0.2) is 6.29 Å². The van der Waals surface area contributed by atoms with Crippen LogP contribution in [0.25, 0.3) is 0 Å². The molecule has 5 aliphatic rings. The van der Waals surface area contributed by atoms with Crippen molar-refractivity contribution in [3.63, 3.8) is 0 Å². The van der Waals surface area contributed by atoms with Crippen molar-refractivity contribution in [1.82, 2.24) is 4.90 Å². The number of aliphatic carboxylic acids is 1. The van der Waals surface area contributed by atoms with E-state index in [1.54, 1.807) is 6.92 Å². The highest BCUT2D eigenvalue weighted by Gasteiger charge is 2.84. The van der Waals surface area contributed by atoms with Gasteiger partial charge in [-0.25, -0.2) is 0 Å². The molecule has 0 amide bonds. The fourth-order valence-electron chi connectivity index (χ4n) is 9.63. The van der Waals surface area contributed by atoms with E-state index in [2.05, 4.69) is 13.0 Å². The minimum Gasteiger partial charge on any atom is -0.481 e. The molecule has 5 rings (SSSR count). The number of alkyl halides is 3. The summed E-state index contributed by atoms with van der Waals surface area (Å²) in [4.78, 5) is 28.2. The second-order valence-electron chi connectivity index (χ2n) is 13.3. The van der Waals surface area contributed by atoms with Gasteiger partial charge in [0.2, 0.25) is 0 Å². The molecule has 7 nitrogen and oxygen atoms in total. The second-order valence-corrected chi connectivity index (χ2v) is 13.3. The zero-order valence-electron chi connectivity index (χ0n) is 23.2. The van der Waals surface area contributed by atoms with Gasteiger partial charge in [-0.2, -0.15) is 13.2 Å². The first-order valence-electron chi connectivity index (χ1n) is 14.4. The lowest BCUT2D eigenvalue weighted by atomic mass is 9.43. The number of aliphatic hydroxyl groups excluding tert-OH is 1. The van der Waals surface area contributed by atoms with Crippen molar-refractivity contribution in [2.45, 2.75) is 84.5 Å². The van der Waals surface area contributed by atoms with E-state index in [1.165, 1.54) is 4.90 Å². The summed E-state index contributed by atoms with van der Waals surface area (Å²) in [5.41, 5.74) is -2.48. The topological polar surface area (TPSA) is 96.3 Å². The van der Waals surface area contributed by atoms with E-state index in [0.717, 1.165) is 24.7 Å². The van der Waals surface area contributed by atoms with Crippen LogP contribution in [-0.4, -0.2) is 78.3 Å². The number of carbonyl (C=O) groups is 2. The van der Waals surface area contributed by atoms with Gasteiger partial charge in [0.25, 0.3) is 0 Å². The van der Waals surface area contributed by atoms with Crippen molar-refractivity contribution in [1.29, 1.82) is 0 Å². The number of halogens is 3. The molecule has 220 valence electrons. The lowest BCUT2D eigenvalue weighted by Gasteiger charge is -2.58. The second kappa shape index (κ2) is 9.81. The van der Waals surface area contributed by atoms with Crippen LogP contribution in [0.2, 0.25) is 0 Å². The summed E-state index contributed by atoms with van der Waals surface area (Å²) >= 11 is 0. The number of rotatable bonds is 8. The first-order chi connectivity index (χ1) is 18.2. The zero-order valence-corrected chi connectivity index (χ0v) is 23.2. The molecule has 10 atom stereocenters. The van der Waals surface area contributed by atoms with Crippen LogP contribution in [-0.2, 0) is 19.1 Å². The highest BCUT2D eigenvalue weighted by atomic mass is 19.4. The number of carbonyl (C=O) groups excluding carboxylic acids is 1. The van der Waals surface area contributed by atoms with E-state index in [1.807, 2.05) is 13.8 Å². The predicted molar refractivity (Wildman–Crippen MR) is 135 cm³/mol. The number of aliphatic hydroxyl groups is 1. The smallest absolute Gasteiger partial charge is 0.390 e. The van der Waals surface area contributed by atoms with Crippen LogP contribution in [0.4, 0.5) is 13.2 Å². The van der Waals surface area contributed by atoms with Crippen LogP contribution in [0.1, 0.15) is 59.8 Å². The Hall–Kier alpha value is -1.49. The van der Waals surface area contributed by atoms with Crippen LogP contribution in [0.3, 0.4) is 0 Å². The molecule has 0 aromatic heterocycles. The maximum atomic E-state index is 13.5. The lowest BCUT2D eigenvalue weighted by Crippen LogP contribution is -2.63. The van der Waals surface area contributed by atoms with Crippen LogP contribution in [0.5, 0.6) is 0 Å². The average Bonchev–Trinajstić information content (AvgIpc) is 3.37. The number of hydrogen-bond acceptors (Lipinski definition) is 6. The van der Waals surface area contributed by atoms with E-state index >= 15 is 0 Å². The summed E-state index contributed by atoms with van der Waals surface area (Å²) < 4.78 is 50.8. The summed E-state index contributed by atoms with van der Waals surface area (Å²) in [5, 5.41) is 22.0. The Balaban J connectivity index is 1.46. The Bertz CT molecular complexity index is 1020. The normalized spacial score (nSPS) is 45.8. The molecule has 39 heavy (non-hydrogen) atoms. The van der Waals surface area contributed by atoms with Crippen LogP contribution >= 0.6 is 0 Å². The van der Waals surface area contributed by atoms with Crippen molar-refractivity contribution in [3.05, 3.63) is 11.6 Å². The molecule has 4 bridgehead atoms. The average molecular weight is 558 g/mol. The number of aldehydes is 1. The Kier molecular flexibility index (Phi) is 7.30. The number of carboxylic acid groups (broad SMARTS) is 1. The van der Waals surface area contributed by atoms with Gasteiger partial charge in [-0.05, 0) is 55.8 Å². The van der Waals surface area contributed by atoms with E-state index in [-0.39, 0.29) is 49.9 Å². The maximum Gasteiger partial charge on any atom is 0.390 e. The first-order valence-corrected chi connectivity index (χ1v) is 14.4. The van der Waals surface area contributed by atoms with Gasteiger partial charge in [0, 0.05) is 25.0 Å². The monoisotopic (exact) mass is 557 g/mol. The molecule has 1 saturated heterocycles. The minimum atomic E-state index is -4.30. The van der Waals surface area contributed by atoms with Gasteiger partial charge < -0.3 is 24.5 Å². The first kappa shape index (κ1) is 29.0. The van der Waals surface area contributed by atoms with Gasteiger partial charge in [-0.3, -0.25) is 9.69 Å². The molecule has 0 aromatic carbocycles. The van der Waals surface area contributed by atoms with Crippen LogP contribution < -0.4 is 0 Å². The number of carboxylic acids is 1. The molecule has 4 aliphatic carbocycles. The van der Waals surface area contributed by atoms with Gasteiger partial charge in [-0.15, -0.1) is 0 Å². The Morgan fingerprint density at radius 3 is 2.59 bits per heavy atom. The van der Waals surface area contributed by atoms with Crippen LogP contribution in [0.15, 0.2) is 11.6 Å². The third-order valence-corrected chi connectivity index (χ3v) is 11.0. The summed E-state index contributed by atoms with van der Waals surface area (Å²) in [6, 6.07) is 0. The fourth-order valence-corrected chi connectivity index (χ4v) is 9.63. The quantitative estimate of drug-likeness (QED) is 0.340.